The number of nitrogens with zero attached hydrogens (tertiary/aromatic N) is 2. The molecule has 5 aliphatic rings. The van der Waals surface area contributed by atoms with Gasteiger partial charge in [-0.2, -0.15) is 13.2 Å². The monoisotopic (exact) mass is 639 g/mol. The number of hydrogen-bond donors (Lipinski definition) is 3. The van der Waals surface area contributed by atoms with E-state index in [1.54, 1.807) is 18.2 Å². The van der Waals surface area contributed by atoms with Gasteiger partial charge in [-0.3, -0.25) is 9.52 Å². The molecule has 7 rings (SSSR count). The van der Waals surface area contributed by atoms with Gasteiger partial charge in [0.25, 0.3) is 5.91 Å². The number of fused-ring (bicyclic) bond motifs is 1. The lowest BCUT2D eigenvalue weighted by Gasteiger charge is -2.47. The van der Waals surface area contributed by atoms with Gasteiger partial charge in [-0.25, -0.2) is 4.21 Å². The molecule has 1 amide bonds. The summed E-state index contributed by atoms with van der Waals surface area (Å²) in [5.41, 5.74) is 7.08. The summed E-state index contributed by atoms with van der Waals surface area (Å²) in [6.45, 7) is 6.46. The Balaban J connectivity index is 1.10. The molecule has 2 fully saturated rings. The van der Waals surface area contributed by atoms with Gasteiger partial charge >= 0.3 is 6.18 Å². The molecule has 4 heterocycles. The molecule has 8 nitrogen and oxygen atoms in total. The Labute approximate surface area is 262 Å². The van der Waals surface area contributed by atoms with Crippen LogP contribution in [-0.2, 0) is 15.8 Å². The molecule has 2 atom stereocenters. The molecule has 238 valence electrons. The first-order chi connectivity index (χ1) is 21.4. The SMILES string of the molecule is CC1=CNCC(C)=C1c1noc(C2CC2)c1C1=CC2(CCN(c3ccc4c(c3)C(C(F)(F)F)=CC(C(=O)NS(C)=O)N4)CC2)C1. The van der Waals surface area contributed by atoms with E-state index in [-0.39, 0.29) is 16.7 Å². The van der Waals surface area contributed by atoms with E-state index in [9.17, 15) is 22.2 Å². The first-order valence-corrected chi connectivity index (χ1v) is 16.9. The molecule has 3 aliphatic heterocycles. The third-order valence-corrected chi connectivity index (χ3v) is 10.1. The molecule has 1 spiro atoms. The predicted molar refractivity (Wildman–Crippen MR) is 169 cm³/mol. The fourth-order valence-corrected chi connectivity index (χ4v) is 7.61. The van der Waals surface area contributed by atoms with Gasteiger partial charge < -0.3 is 20.1 Å². The van der Waals surface area contributed by atoms with E-state index in [4.69, 9.17) is 4.52 Å². The zero-order chi connectivity index (χ0) is 31.7. The van der Waals surface area contributed by atoms with Crippen molar-refractivity contribution >= 4 is 45.0 Å². The Morgan fingerprint density at radius 1 is 1.20 bits per heavy atom. The maximum absolute atomic E-state index is 14.1. The molecule has 3 N–H and O–H groups in total. The number of carbonyl (C=O) groups is 1. The van der Waals surface area contributed by atoms with Crippen LogP contribution in [0.4, 0.5) is 24.5 Å². The average molecular weight is 640 g/mol. The molecular formula is C33H36F3N5O3S. The summed E-state index contributed by atoms with van der Waals surface area (Å²) in [7, 11) is -1.69. The molecular weight excluding hydrogens is 603 g/mol. The highest BCUT2D eigenvalue weighted by Gasteiger charge is 2.45. The minimum atomic E-state index is -4.66. The van der Waals surface area contributed by atoms with Crippen LogP contribution in [0.2, 0.25) is 0 Å². The largest absolute Gasteiger partial charge is 0.416 e. The van der Waals surface area contributed by atoms with Crippen molar-refractivity contribution in [2.75, 3.05) is 36.1 Å². The topological polar surface area (TPSA) is 99.5 Å². The van der Waals surface area contributed by atoms with E-state index in [0.717, 1.165) is 86.1 Å². The maximum atomic E-state index is 14.1. The maximum Gasteiger partial charge on any atom is 0.416 e. The quantitative estimate of drug-likeness (QED) is 0.354. The molecule has 1 saturated heterocycles. The van der Waals surface area contributed by atoms with Crippen molar-refractivity contribution in [3.8, 4) is 0 Å². The van der Waals surface area contributed by atoms with Crippen LogP contribution in [0.15, 0.2) is 52.2 Å². The Hall–Kier alpha value is -3.80. The number of rotatable bonds is 6. The highest BCUT2D eigenvalue weighted by Crippen LogP contribution is 2.56. The number of benzene rings is 1. The molecule has 0 radical (unpaired) electrons. The number of allylic oxidation sites excluding steroid dienone is 5. The summed E-state index contributed by atoms with van der Waals surface area (Å²) in [5, 5.41) is 10.8. The van der Waals surface area contributed by atoms with Gasteiger partial charge in [-0.05, 0) is 92.4 Å². The third kappa shape index (κ3) is 5.51. The molecule has 12 heteroatoms. The summed E-state index contributed by atoms with van der Waals surface area (Å²) in [6, 6.07) is 3.68. The Morgan fingerprint density at radius 2 is 1.93 bits per heavy atom. The normalized spacial score (nSPS) is 23.2. The lowest BCUT2D eigenvalue weighted by atomic mass is 9.63. The van der Waals surface area contributed by atoms with Crippen molar-refractivity contribution in [1.82, 2.24) is 15.2 Å². The molecule has 1 saturated carbocycles. The van der Waals surface area contributed by atoms with Gasteiger partial charge in [0.1, 0.15) is 28.5 Å². The van der Waals surface area contributed by atoms with E-state index in [2.05, 4.69) is 45.3 Å². The highest BCUT2D eigenvalue weighted by atomic mass is 32.2. The van der Waals surface area contributed by atoms with Crippen LogP contribution >= 0.6 is 0 Å². The Morgan fingerprint density at radius 3 is 2.58 bits per heavy atom. The zero-order valence-corrected chi connectivity index (χ0v) is 26.3. The number of dihydropyridines is 1. The van der Waals surface area contributed by atoms with Gasteiger partial charge in [0.05, 0.1) is 5.57 Å². The summed E-state index contributed by atoms with van der Waals surface area (Å²) < 4.78 is 62.0. The fourth-order valence-electron chi connectivity index (χ4n) is 7.20. The lowest BCUT2D eigenvalue weighted by molar-refractivity contribution is -0.119. The molecule has 1 aromatic carbocycles. The molecule has 45 heavy (non-hydrogen) atoms. The predicted octanol–water partition coefficient (Wildman–Crippen LogP) is 6.06. The van der Waals surface area contributed by atoms with Crippen LogP contribution < -0.4 is 20.3 Å². The van der Waals surface area contributed by atoms with Crippen molar-refractivity contribution < 1.29 is 26.7 Å². The van der Waals surface area contributed by atoms with E-state index in [1.165, 1.54) is 23.0 Å². The number of amides is 1. The first-order valence-electron chi connectivity index (χ1n) is 15.3. The average Bonchev–Trinajstić information content (AvgIpc) is 3.73. The van der Waals surface area contributed by atoms with Gasteiger partial charge in [-0.1, -0.05) is 11.2 Å². The van der Waals surface area contributed by atoms with Crippen molar-refractivity contribution in [2.45, 2.75) is 64.1 Å². The molecule has 2 aliphatic carbocycles. The lowest BCUT2D eigenvalue weighted by Crippen LogP contribution is -2.42. The summed E-state index contributed by atoms with van der Waals surface area (Å²) in [5.74, 6) is 0.661. The number of piperidine rings is 1. The second-order valence-corrected chi connectivity index (χ2v) is 14.1. The number of carbonyl (C=O) groups excluding carboxylic acids is 1. The Bertz CT molecular complexity index is 1720. The number of halogens is 3. The minimum Gasteiger partial charge on any atom is -0.387 e. The third-order valence-electron chi connectivity index (χ3n) is 9.65. The summed E-state index contributed by atoms with van der Waals surface area (Å²) in [6.07, 6.45) is 6.88. The second kappa shape index (κ2) is 10.9. The molecule has 1 aromatic heterocycles. The molecule has 2 unspecified atom stereocenters. The number of hydrogen-bond acceptors (Lipinski definition) is 7. The van der Waals surface area contributed by atoms with E-state index in [0.29, 0.717) is 5.92 Å². The zero-order valence-electron chi connectivity index (χ0n) is 25.4. The van der Waals surface area contributed by atoms with Gasteiger partial charge in [0.2, 0.25) is 0 Å². The van der Waals surface area contributed by atoms with E-state index in [1.807, 2.05) is 6.20 Å². The fraction of sp³-hybridized carbons (Fsp3) is 0.455. The van der Waals surface area contributed by atoms with Crippen molar-refractivity contribution in [3.63, 3.8) is 0 Å². The van der Waals surface area contributed by atoms with Crippen LogP contribution in [0.1, 0.15) is 74.5 Å². The second-order valence-electron chi connectivity index (χ2n) is 13.0. The summed E-state index contributed by atoms with van der Waals surface area (Å²) in [4.78, 5) is 14.5. The van der Waals surface area contributed by atoms with Crippen LogP contribution in [0.25, 0.3) is 16.7 Å². The van der Waals surface area contributed by atoms with Crippen LogP contribution in [0.3, 0.4) is 0 Å². The van der Waals surface area contributed by atoms with Gasteiger partial charge in [0.15, 0.2) is 0 Å². The van der Waals surface area contributed by atoms with Gasteiger partial charge in [0, 0.05) is 66.1 Å². The van der Waals surface area contributed by atoms with E-state index >= 15 is 0 Å². The standard InChI is InChI=1S/C33H36F3N5O3S/c1-18-16-37-17-19(2)27(18)29-28(30(44-39-29)20-4-5-20)21-14-32(15-21)8-10-41(11-9-32)22-6-7-25-23(12-22)24(33(34,35)36)13-26(38-25)31(42)40-45(3)43/h6-7,12-14,16,20,26,37-38H,4-5,8-11,15,17H2,1-3H3,(H,40,42). The van der Waals surface area contributed by atoms with Crippen molar-refractivity contribution in [1.29, 1.82) is 0 Å². The van der Waals surface area contributed by atoms with Gasteiger partial charge in [-0.15, -0.1) is 0 Å². The number of nitrogens with one attached hydrogen (secondary N) is 3. The minimum absolute atomic E-state index is 0.00669. The number of alkyl halides is 3. The van der Waals surface area contributed by atoms with Crippen LogP contribution in [0, 0.1) is 5.41 Å². The smallest absolute Gasteiger partial charge is 0.387 e. The molecule has 0 bridgehead atoms. The Kier molecular flexibility index (Phi) is 7.25. The highest BCUT2D eigenvalue weighted by molar-refractivity contribution is 7.82. The van der Waals surface area contributed by atoms with Crippen LogP contribution in [0.5, 0.6) is 0 Å². The molecule has 2 aromatic rings. The van der Waals surface area contributed by atoms with Crippen LogP contribution in [-0.4, -0.2) is 53.4 Å². The number of aromatic nitrogens is 1. The number of anilines is 2. The first kappa shape index (κ1) is 29.9. The van der Waals surface area contributed by atoms with E-state index < -0.39 is 34.7 Å². The van der Waals surface area contributed by atoms with Crippen molar-refractivity contribution in [3.05, 3.63) is 70.3 Å². The van der Waals surface area contributed by atoms with Crippen molar-refractivity contribution in [2.24, 2.45) is 5.41 Å². The summed E-state index contributed by atoms with van der Waals surface area (Å²) >= 11 is 0.